The van der Waals surface area contributed by atoms with E-state index in [2.05, 4.69) is 0 Å². The van der Waals surface area contributed by atoms with Crippen molar-refractivity contribution in [2.45, 2.75) is 6.92 Å². The van der Waals surface area contributed by atoms with E-state index < -0.39 is 0 Å². The van der Waals surface area contributed by atoms with E-state index in [-0.39, 0.29) is 12.5 Å². The number of carbonyl (C=O) groups excluding carboxylic acids is 1. The molecule has 0 aliphatic rings. The fourth-order valence-electron chi connectivity index (χ4n) is 1.60. The highest BCUT2D eigenvalue weighted by Crippen LogP contribution is 2.32. The quantitative estimate of drug-likeness (QED) is 0.831. The molecule has 0 atom stereocenters. The normalized spacial score (nSPS) is 9.88. The first-order chi connectivity index (χ1) is 8.17. The van der Waals surface area contributed by atoms with Crippen molar-refractivity contribution in [3.63, 3.8) is 0 Å². The number of amides is 1. The van der Waals surface area contributed by atoms with Gasteiger partial charge in [-0.15, -0.1) is 0 Å². The Bertz CT molecular complexity index is 393. The minimum atomic E-state index is -0.154. The van der Waals surface area contributed by atoms with Crippen molar-refractivity contribution in [1.82, 2.24) is 0 Å². The average molecular weight is 238 g/mol. The summed E-state index contributed by atoms with van der Waals surface area (Å²) in [6, 6.07) is 5.31. The SMILES string of the molecule is CCN(C(=O)CN)c1cc(OC)ccc1OC. The number of ether oxygens (including phenoxy) is 2. The van der Waals surface area contributed by atoms with Gasteiger partial charge in [-0.05, 0) is 19.1 Å². The van der Waals surface area contributed by atoms with Crippen LogP contribution >= 0.6 is 0 Å². The molecular formula is C12H18N2O3. The van der Waals surface area contributed by atoms with Crippen molar-refractivity contribution in [2.24, 2.45) is 5.73 Å². The Kier molecular flexibility index (Phi) is 4.78. The van der Waals surface area contributed by atoms with Crippen LogP contribution in [-0.4, -0.2) is 33.2 Å². The maximum atomic E-state index is 11.7. The second-order valence-electron chi connectivity index (χ2n) is 3.38. The zero-order valence-corrected chi connectivity index (χ0v) is 10.4. The molecule has 5 heteroatoms. The maximum absolute atomic E-state index is 11.7. The first kappa shape index (κ1) is 13.3. The Hall–Kier alpha value is -1.75. The van der Waals surface area contributed by atoms with Gasteiger partial charge in [-0.25, -0.2) is 0 Å². The minimum absolute atomic E-state index is 0.0335. The van der Waals surface area contributed by atoms with Gasteiger partial charge in [0.05, 0.1) is 26.5 Å². The number of anilines is 1. The number of carbonyl (C=O) groups is 1. The lowest BCUT2D eigenvalue weighted by Crippen LogP contribution is -2.36. The van der Waals surface area contributed by atoms with Gasteiger partial charge in [0.15, 0.2) is 0 Å². The van der Waals surface area contributed by atoms with Crippen molar-refractivity contribution < 1.29 is 14.3 Å². The Morgan fingerprint density at radius 3 is 2.53 bits per heavy atom. The third kappa shape index (κ3) is 2.88. The summed E-state index contributed by atoms with van der Waals surface area (Å²) in [7, 11) is 3.14. The second-order valence-corrected chi connectivity index (χ2v) is 3.38. The molecule has 17 heavy (non-hydrogen) atoms. The van der Waals surface area contributed by atoms with Crippen molar-refractivity contribution in [1.29, 1.82) is 0 Å². The van der Waals surface area contributed by atoms with Crippen LogP contribution in [0.15, 0.2) is 18.2 Å². The molecule has 0 bridgehead atoms. The summed E-state index contributed by atoms with van der Waals surface area (Å²) in [4.78, 5) is 13.3. The molecule has 0 aromatic heterocycles. The summed E-state index contributed by atoms with van der Waals surface area (Å²) >= 11 is 0. The van der Waals surface area contributed by atoms with E-state index >= 15 is 0 Å². The fourth-order valence-corrected chi connectivity index (χ4v) is 1.60. The van der Waals surface area contributed by atoms with Crippen molar-refractivity contribution in [2.75, 3.05) is 32.2 Å². The highest BCUT2D eigenvalue weighted by atomic mass is 16.5. The standard InChI is InChI=1S/C12H18N2O3/c1-4-14(12(15)8-13)10-7-9(16-2)5-6-11(10)17-3/h5-7H,4,8,13H2,1-3H3. The molecule has 0 saturated heterocycles. The van der Waals surface area contributed by atoms with Gasteiger partial charge >= 0.3 is 0 Å². The van der Waals surface area contributed by atoms with E-state index in [1.54, 1.807) is 37.3 Å². The van der Waals surface area contributed by atoms with Crippen molar-refractivity contribution in [3.8, 4) is 11.5 Å². The molecule has 0 heterocycles. The number of methoxy groups -OCH3 is 2. The Labute approximate surface area is 101 Å². The van der Waals surface area contributed by atoms with Gasteiger partial charge in [-0.2, -0.15) is 0 Å². The van der Waals surface area contributed by atoms with E-state index in [1.807, 2.05) is 6.92 Å². The lowest BCUT2D eigenvalue weighted by atomic mass is 10.2. The Morgan fingerprint density at radius 1 is 1.35 bits per heavy atom. The molecule has 1 amide bonds. The van der Waals surface area contributed by atoms with Gasteiger partial charge in [0.1, 0.15) is 11.5 Å². The number of benzene rings is 1. The fraction of sp³-hybridized carbons (Fsp3) is 0.417. The summed E-state index contributed by atoms with van der Waals surface area (Å²) in [5.74, 6) is 1.14. The van der Waals surface area contributed by atoms with Gasteiger partial charge in [-0.1, -0.05) is 0 Å². The van der Waals surface area contributed by atoms with Gasteiger partial charge < -0.3 is 20.1 Å². The van der Waals surface area contributed by atoms with Crippen LogP contribution in [0, 0.1) is 0 Å². The van der Waals surface area contributed by atoms with E-state index in [4.69, 9.17) is 15.2 Å². The van der Waals surface area contributed by atoms with Gasteiger partial charge in [0.2, 0.25) is 5.91 Å². The maximum Gasteiger partial charge on any atom is 0.240 e. The van der Waals surface area contributed by atoms with Crippen LogP contribution in [0.4, 0.5) is 5.69 Å². The molecule has 2 N–H and O–H groups in total. The number of nitrogens with two attached hydrogens (primary N) is 1. The molecule has 1 rings (SSSR count). The minimum Gasteiger partial charge on any atom is -0.497 e. The van der Waals surface area contributed by atoms with E-state index in [0.29, 0.717) is 23.7 Å². The molecule has 0 aliphatic heterocycles. The van der Waals surface area contributed by atoms with Crippen molar-refractivity contribution in [3.05, 3.63) is 18.2 Å². The van der Waals surface area contributed by atoms with Crippen LogP contribution in [-0.2, 0) is 4.79 Å². The van der Waals surface area contributed by atoms with Gasteiger partial charge in [0, 0.05) is 12.6 Å². The highest BCUT2D eigenvalue weighted by Gasteiger charge is 2.17. The molecule has 0 unspecified atom stereocenters. The summed E-state index contributed by atoms with van der Waals surface area (Å²) in [6.45, 7) is 2.38. The molecule has 0 saturated carbocycles. The van der Waals surface area contributed by atoms with Crippen LogP contribution in [0.2, 0.25) is 0 Å². The summed E-state index contributed by atoms with van der Waals surface area (Å²) in [5, 5.41) is 0. The van der Waals surface area contributed by atoms with Gasteiger partial charge in [-0.3, -0.25) is 4.79 Å². The molecule has 0 aliphatic carbocycles. The first-order valence-corrected chi connectivity index (χ1v) is 5.40. The molecule has 0 radical (unpaired) electrons. The number of hydrogen-bond acceptors (Lipinski definition) is 4. The lowest BCUT2D eigenvalue weighted by Gasteiger charge is -2.23. The first-order valence-electron chi connectivity index (χ1n) is 5.40. The number of likely N-dealkylation sites (N-methyl/N-ethyl adjacent to an activating group) is 1. The van der Waals surface area contributed by atoms with Crippen molar-refractivity contribution >= 4 is 11.6 Å². The zero-order valence-electron chi connectivity index (χ0n) is 10.4. The van der Waals surface area contributed by atoms with Crippen LogP contribution < -0.4 is 20.1 Å². The lowest BCUT2D eigenvalue weighted by molar-refractivity contribution is -0.117. The predicted octanol–water partition coefficient (Wildman–Crippen LogP) is 1.02. The second kappa shape index (κ2) is 6.10. The molecule has 5 nitrogen and oxygen atoms in total. The van der Waals surface area contributed by atoms with Crippen LogP contribution in [0.1, 0.15) is 6.92 Å². The smallest absolute Gasteiger partial charge is 0.240 e. The monoisotopic (exact) mass is 238 g/mol. The summed E-state index contributed by atoms with van der Waals surface area (Å²) < 4.78 is 10.4. The van der Waals surface area contributed by atoms with E-state index in [1.165, 1.54) is 0 Å². The van der Waals surface area contributed by atoms with Crippen LogP contribution in [0.25, 0.3) is 0 Å². The summed E-state index contributed by atoms with van der Waals surface area (Å²) in [6.07, 6.45) is 0. The molecular weight excluding hydrogens is 220 g/mol. The zero-order chi connectivity index (χ0) is 12.8. The number of nitrogens with zero attached hydrogens (tertiary/aromatic N) is 1. The van der Waals surface area contributed by atoms with E-state index in [9.17, 15) is 4.79 Å². The van der Waals surface area contributed by atoms with Crippen LogP contribution in [0.5, 0.6) is 11.5 Å². The topological polar surface area (TPSA) is 64.8 Å². The summed E-state index contributed by atoms with van der Waals surface area (Å²) in [5.41, 5.74) is 6.06. The molecule has 94 valence electrons. The van der Waals surface area contributed by atoms with Gasteiger partial charge in [0.25, 0.3) is 0 Å². The molecule has 1 aromatic carbocycles. The number of hydrogen-bond donors (Lipinski definition) is 1. The van der Waals surface area contributed by atoms with Crippen LogP contribution in [0.3, 0.4) is 0 Å². The highest BCUT2D eigenvalue weighted by molar-refractivity contribution is 5.96. The Balaban J connectivity index is 3.19. The predicted molar refractivity (Wildman–Crippen MR) is 66.6 cm³/mol. The third-order valence-electron chi connectivity index (χ3n) is 2.47. The Morgan fingerprint density at radius 2 is 2.06 bits per heavy atom. The molecule has 0 fully saturated rings. The largest absolute Gasteiger partial charge is 0.497 e. The average Bonchev–Trinajstić information content (AvgIpc) is 2.39. The van der Waals surface area contributed by atoms with E-state index in [0.717, 1.165) is 0 Å². The molecule has 0 spiro atoms. The molecule has 1 aromatic rings. The number of rotatable bonds is 5. The third-order valence-corrected chi connectivity index (χ3v) is 2.47.